The van der Waals surface area contributed by atoms with Crippen LogP contribution >= 0.6 is 11.3 Å². The standard InChI is InChI=1S/C17H11N7O3S2/c18-8-10(16-21-23-24-22-16)9-19-13-6-5-11(29(25,26)27)7-12(13)17-20-14-3-1-2-4-15(14)28-17/h1-7,9,19H,(H,25,26,27)(H,21,22,23,24). The molecule has 2 heterocycles. The van der Waals surface area contributed by atoms with Crippen molar-refractivity contribution in [3.63, 3.8) is 0 Å². The van der Waals surface area contributed by atoms with Gasteiger partial charge in [0.05, 0.1) is 15.1 Å². The number of nitrogens with one attached hydrogen (secondary N) is 2. The lowest BCUT2D eigenvalue weighted by Crippen LogP contribution is -2.00. The van der Waals surface area contributed by atoms with Crippen LogP contribution in [0.4, 0.5) is 5.69 Å². The molecule has 144 valence electrons. The van der Waals surface area contributed by atoms with Crippen LogP contribution < -0.4 is 5.32 Å². The van der Waals surface area contributed by atoms with Gasteiger partial charge in [-0.3, -0.25) is 4.55 Å². The molecule has 0 amide bonds. The SMILES string of the molecule is N#CC(=CNc1ccc(S(=O)(=O)O)cc1-c1nc2ccccc2s1)c1nn[nH]n1. The predicted octanol–water partition coefficient (Wildman–Crippen LogP) is 2.70. The Bertz CT molecular complexity index is 1340. The van der Waals surface area contributed by atoms with Crippen LogP contribution in [-0.4, -0.2) is 38.6 Å². The van der Waals surface area contributed by atoms with E-state index in [1.54, 1.807) is 0 Å². The highest BCUT2D eigenvalue weighted by Crippen LogP contribution is 2.36. The van der Waals surface area contributed by atoms with Crippen molar-refractivity contribution in [2.75, 3.05) is 5.32 Å². The Hall–Kier alpha value is -3.66. The molecule has 0 unspecified atom stereocenters. The van der Waals surface area contributed by atoms with E-state index >= 15 is 0 Å². The number of hydrogen-bond donors (Lipinski definition) is 3. The number of para-hydroxylation sites is 1. The lowest BCUT2D eigenvalue weighted by Gasteiger charge is -2.09. The maximum atomic E-state index is 11.6. The first kappa shape index (κ1) is 18.7. The molecular formula is C17H11N7O3S2. The second-order valence-corrected chi connectivity index (χ2v) is 8.17. The van der Waals surface area contributed by atoms with E-state index in [1.165, 1.54) is 35.7 Å². The maximum Gasteiger partial charge on any atom is 0.294 e. The molecule has 0 bridgehead atoms. The van der Waals surface area contributed by atoms with Gasteiger partial charge in [-0.15, -0.1) is 21.5 Å². The van der Waals surface area contributed by atoms with Crippen LogP contribution in [0.15, 0.2) is 53.6 Å². The fourth-order valence-electron chi connectivity index (χ4n) is 2.55. The zero-order valence-corrected chi connectivity index (χ0v) is 16.1. The van der Waals surface area contributed by atoms with E-state index in [4.69, 9.17) is 0 Å². The highest BCUT2D eigenvalue weighted by molar-refractivity contribution is 7.85. The Balaban J connectivity index is 1.82. The van der Waals surface area contributed by atoms with Gasteiger partial charge >= 0.3 is 0 Å². The molecule has 4 aromatic rings. The lowest BCUT2D eigenvalue weighted by atomic mass is 10.2. The van der Waals surface area contributed by atoms with Gasteiger partial charge in [0.25, 0.3) is 10.1 Å². The van der Waals surface area contributed by atoms with E-state index in [2.05, 4.69) is 30.9 Å². The smallest absolute Gasteiger partial charge is 0.294 e. The first-order valence-electron chi connectivity index (χ1n) is 8.04. The largest absolute Gasteiger partial charge is 0.360 e. The molecule has 4 rings (SSSR count). The number of benzene rings is 2. The van der Waals surface area contributed by atoms with Gasteiger partial charge in [-0.1, -0.05) is 12.1 Å². The average molecular weight is 425 g/mol. The molecule has 0 atom stereocenters. The summed E-state index contributed by atoms with van der Waals surface area (Å²) in [6, 6.07) is 13.5. The molecule has 2 aromatic carbocycles. The minimum atomic E-state index is -4.40. The van der Waals surface area contributed by atoms with E-state index in [-0.39, 0.29) is 16.3 Å². The summed E-state index contributed by atoms with van der Waals surface area (Å²) in [5.74, 6) is 0.107. The van der Waals surface area contributed by atoms with Crippen LogP contribution in [0.1, 0.15) is 5.82 Å². The van der Waals surface area contributed by atoms with E-state index in [9.17, 15) is 18.2 Å². The van der Waals surface area contributed by atoms with Crippen molar-refractivity contribution in [1.82, 2.24) is 25.6 Å². The Morgan fingerprint density at radius 2 is 2.10 bits per heavy atom. The van der Waals surface area contributed by atoms with Gasteiger partial charge in [-0.2, -0.15) is 18.9 Å². The monoisotopic (exact) mass is 425 g/mol. The number of rotatable bonds is 5. The third-order valence-corrected chi connectivity index (χ3v) is 5.81. The number of hydrogen-bond acceptors (Lipinski definition) is 9. The molecule has 29 heavy (non-hydrogen) atoms. The number of H-pyrrole nitrogens is 1. The molecule has 12 heteroatoms. The molecule has 0 fully saturated rings. The molecule has 0 saturated carbocycles. The highest BCUT2D eigenvalue weighted by Gasteiger charge is 2.17. The van der Waals surface area contributed by atoms with Crippen molar-refractivity contribution in [3.05, 3.63) is 54.5 Å². The van der Waals surface area contributed by atoms with Gasteiger partial charge in [-0.05, 0) is 35.5 Å². The van der Waals surface area contributed by atoms with Crippen molar-refractivity contribution < 1.29 is 13.0 Å². The van der Waals surface area contributed by atoms with Crippen molar-refractivity contribution in [2.45, 2.75) is 4.90 Å². The number of nitriles is 1. The molecule has 0 saturated heterocycles. The molecule has 0 aliphatic heterocycles. The van der Waals surface area contributed by atoms with Gasteiger partial charge in [0, 0.05) is 17.5 Å². The van der Waals surface area contributed by atoms with E-state index < -0.39 is 10.1 Å². The van der Waals surface area contributed by atoms with Crippen LogP contribution in [0, 0.1) is 11.3 Å². The number of anilines is 1. The van der Waals surface area contributed by atoms with E-state index in [0.717, 1.165) is 10.2 Å². The molecule has 0 aliphatic carbocycles. The van der Waals surface area contributed by atoms with E-state index in [0.29, 0.717) is 16.3 Å². The molecule has 3 N–H and O–H groups in total. The minimum Gasteiger partial charge on any atom is -0.360 e. The summed E-state index contributed by atoms with van der Waals surface area (Å²) >= 11 is 1.37. The maximum absolute atomic E-state index is 11.6. The van der Waals surface area contributed by atoms with Crippen LogP contribution in [0.2, 0.25) is 0 Å². The summed E-state index contributed by atoms with van der Waals surface area (Å²) in [4.78, 5) is 4.28. The summed E-state index contributed by atoms with van der Waals surface area (Å²) < 4.78 is 33.6. The second-order valence-electron chi connectivity index (χ2n) is 5.72. The lowest BCUT2D eigenvalue weighted by molar-refractivity contribution is 0.483. The first-order chi connectivity index (χ1) is 14.0. The fourth-order valence-corrected chi connectivity index (χ4v) is 4.05. The quantitative estimate of drug-likeness (QED) is 0.323. The van der Waals surface area contributed by atoms with Gasteiger partial charge in [-0.25, -0.2) is 4.98 Å². The fraction of sp³-hybridized carbons (Fsp3) is 0. The van der Waals surface area contributed by atoms with Gasteiger partial charge in [0.15, 0.2) is 0 Å². The van der Waals surface area contributed by atoms with Crippen LogP contribution in [0.3, 0.4) is 0 Å². The molecular weight excluding hydrogens is 414 g/mol. The normalized spacial score (nSPS) is 12.1. The molecule has 0 spiro atoms. The Morgan fingerprint density at radius 3 is 2.79 bits per heavy atom. The number of aromatic nitrogens is 5. The summed E-state index contributed by atoms with van der Waals surface area (Å²) in [6.07, 6.45) is 1.38. The number of thiazole rings is 1. The zero-order chi connectivity index (χ0) is 20.4. The number of allylic oxidation sites excluding steroid dienone is 1. The molecule has 0 radical (unpaired) electrons. The average Bonchev–Trinajstić information content (AvgIpc) is 3.37. The van der Waals surface area contributed by atoms with Crippen molar-refractivity contribution >= 4 is 42.9 Å². The zero-order valence-electron chi connectivity index (χ0n) is 14.4. The number of fused-ring (bicyclic) bond motifs is 1. The second kappa shape index (κ2) is 7.40. The van der Waals surface area contributed by atoms with Crippen molar-refractivity contribution in [3.8, 4) is 16.6 Å². The van der Waals surface area contributed by atoms with E-state index in [1.807, 2.05) is 30.3 Å². The topological polar surface area (TPSA) is 158 Å². The Morgan fingerprint density at radius 1 is 1.28 bits per heavy atom. The van der Waals surface area contributed by atoms with Crippen LogP contribution in [-0.2, 0) is 10.1 Å². The first-order valence-corrected chi connectivity index (χ1v) is 10.3. The van der Waals surface area contributed by atoms with Gasteiger partial charge in [0.1, 0.15) is 16.6 Å². The Labute approximate surface area is 168 Å². The Kier molecular flexibility index (Phi) is 4.77. The number of aromatic amines is 1. The van der Waals surface area contributed by atoms with Gasteiger partial charge < -0.3 is 5.32 Å². The highest BCUT2D eigenvalue weighted by atomic mass is 32.2. The number of tetrazole rings is 1. The van der Waals surface area contributed by atoms with Crippen molar-refractivity contribution in [2.24, 2.45) is 0 Å². The molecule has 0 aliphatic rings. The third kappa shape index (κ3) is 3.83. The van der Waals surface area contributed by atoms with Crippen molar-refractivity contribution in [1.29, 1.82) is 5.26 Å². The number of nitrogens with zero attached hydrogens (tertiary/aromatic N) is 5. The summed E-state index contributed by atoms with van der Waals surface area (Å²) in [5, 5.41) is 26.0. The van der Waals surface area contributed by atoms with Crippen LogP contribution in [0.25, 0.3) is 26.4 Å². The minimum absolute atomic E-state index is 0.107. The summed E-state index contributed by atoms with van der Waals surface area (Å²) in [6.45, 7) is 0. The predicted molar refractivity (Wildman–Crippen MR) is 106 cm³/mol. The summed E-state index contributed by atoms with van der Waals surface area (Å²) in [5.41, 5.74) is 1.80. The molecule has 2 aromatic heterocycles. The van der Waals surface area contributed by atoms with Gasteiger partial charge in [0.2, 0.25) is 5.82 Å². The third-order valence-electron chi connectivity index (χ3n) is 3.89. The summed E-state index contributed by atoms with van der Waals surface area (Å²) in [7, 11) is -4.40. The van der Waals surface area contributed by atoms with Crippen LogP contribution in [0.5, 0.6) is 0 Å². The molecule has 10 nitrogen and oxygen atoms in total.